The van der Waals surface area contributed by atoms with Crippen LogP contribution >= 0.6 is 0 Å². The molecule has 2 fully saturated rings. The monoisotopic (exact) mass is 210 g/mol. The minimum atomic E-state index is -0.405. The van der Waals surface area contributed by atoms with Gasteiger partial charge in [-0.1, -0.05) is 13.5 Å². The van der Waals surface area contributed by atoms with Crippen molar-refractivity contribution in [2.45, 2.75) is 31.8 Å². The molecule has 4 nitrogen and oxygen atoms in total. The Kier molecular flexibility index (Phi) is 2.69. The van der Waals surface area contributed by atoms with Crippen molar-refractivity contribution in [1.82, 2.24) is 10.2 Å². The average molecular weight is 210 g/mol. The fraction of sp³-hybridized carbons (Fsp3) is 0.727. The van der Waals surface area contributed by atoms with Gasteiger partial charge in [0.05, 0.1) is 5.70 Å². The van der Waals surface area contributed by atoms with Crippen LogP contribution in [0.1, 0.15) is 26.2 Å². The van der Waals surface area contributed by atoms with Crippen LogP contribution in [0.5, 0.6) is 0 Å². The molecule has 0 atom stereocenters. The number of amides is 1. The fourth-order valence-electron chi connectivity index (χ4n) is 2.31. The fourth-order valence-corrected chi connectivity index (χ4v) is 2.31. The molecule has 0 unspecified atom stereocenters. The molecule has 0 aliphatic carbocycles. The second kappa shape index (κ2) is 3.85. The molecule has 2 rings (SSSR count). The molecule has 1 spiro atoms. The lowest BCUT2D eigenvalue weighted by Gasteiger charge is -2.32. The lowest BCUT2D eigenvalue weighted by Crippen LogP contribution is -2.43. The summed E-state index contributed by atoms with van der Waals surface area (Å²) in [4.78, 5) is 13.4. The number of nitrogens with one attached hydrogen (secondary N) is 1. The number of carbonyl (C=O) groups excluding carboxylic acids is 1. The molecule has 0 aromatic rings. The van der Waals surface area contributed by atoms with Crippen molar-refractivity contribution < 1.29 is 9.53 Å². The van der Waals surface area contributed by atoms with Gasteiger partial charge in [-0.05, 0) is 19.5 Å². The maximum atomic E-state index is 11.7. The summed E-state index contributed by atoms with van der Waals surface area (Å²) >= 11 is 0. The SMILES string of the molecule is C=C1N(CCC)C(=O)OC12CCNCC2. The highest BCUT2D eigenvalue weighted by Gasteiger charge is 2.48. The smallest absolute Gasteiger partial charge is 0.415 e. The van der Waals surface area contributed by atoms with Crippen molar-refractivity contribution >= 4 is 6.09 Å². The molecule has 1 amide bonds. The molecular weight excluding hydrogens is 192 g/mol. The molecule has 2 aliphatic heterocycles. The first kappa shape index (κ1) is 10.5. The van der Waals surface area contributed by atoms with Crippen LogP contribution in [0, 0.1) is 0 Å². The highest BCUT2D eigenvalue weighted by molar-refractivity contribution is 5.74. The molecule has 4 heteroatoms. The third-order valence-corrected chi connectivity index (χ3v) is 3.21. The zero-order chi connectivity index (χ0) is 10.9. The molecule has 2 saturated heterocycles. The summed E-state index contributed by atoms with van der Waals surface area (Å²) in [6.07, 6.45) is 2.40. The third-order valence-electron chi connectivity index (χ3n) is 3.21. The molecule has 0 aromatic carbocycles. The summed E-state index contributed by atoms with van der Waals surface area (Å²) in [6.45, 7) is 8.59. The van der Waals surface area contributed by atoms with E-state index in [4.69, 9.17) is 4.74 Å². The maximum Gasteiger partial charge on any atom is 0.415 e. The summed E-state index contributed by atoms with van der Waals surface area (Å²) in [5.74, 6) is 0. The Morgan fingerprint density at radius 1 is 1.53 bits per heavy atom. The first-order valence-electron chi connectivity index (χ1n) is 5.60. The van der Waals surface area contributed by atoms with E-state index in [1.807, 2.05) is 6.92 Å². The number of ether oxygens (including phenoxy) is 1. The molecule has 84 valence electrons. The van der Waals surface area contributed by atoms with Gasteiger partial charge in [0.1, 0.15) is 0 Å². The number of hydrogen-bond donors (Lipinski definition) is 1. The summed E-state index contributed by atoms with van der Waals surface area (Å²) in [6, 6.07) is 0. The Morgan fingerprint density at radius 2 is 2.20 bits per heavy atom. The van der Waals surface area contributed by atoms with Crippen molar-refractivity contribution in [2.24, 2.45) is 0 Å². The van der Waals surface area contributed by atoms with E-state index in [0.29, 0.717) is 6.54 Å². The quantitative estimate of drug-likeness (QED) is 0.750. The zero-order valence-corrected chi connectivity index (χ0v) is 9.21. The lowest BCUT2D eigenvalue weighted by atomic mass is 9.89. The third kappa shape index (κ3) is 1.63. The largest absolute Gasteiger partial charge is 0.436 e. The zero-order valence-electron chi connectivity index (χ0n) is 9.21. The van der Waals surface area contributed by atoms with Gasteiger partial charge >= 0.3 is 6.09 Å². The normalized spacial score (nSPS) is 24.7. The molecule has 2 aliphatic rings. The number of carbonyl (C=O) groups is 1. The highest BCUT2D eigenvalue weighted by Crippen LogP contribution is 2.38. The van der Waals surface area contributed by atoms with Crippen molar-refractivity contribution in [1.29, 1.82) is 0 Å². The number of hydrogen-bond acceptors (Lipinski definition) is 3. The number of piperidine rings is 1. The van der Waals surface area contributed by atoms with E-state index in [-0.39, 0.29) is 6.09 Å². The van der Waals surface area contributed by atoms with E-state index in [9.17, 15) is 4.79 Å². The van der Waals surface area contributed by atoms with Crippen LogP contribution < -0.4 is 5.32 Å². The van der Waals surface area contributed by atoms with Crippen molar-refractivity contribution in [3.63, 3.8) is 0 Å². The van der Waals surface area contributed by atoms with E-state index >= 15 is 0 Å². The molecule has 0 aromatic heterocycles. The van der Waals surface area contributed by atoms with Gasteiger partial charge in [0, 0.05) is 19.4 Å². The Balaban J connectivity index is 2.15. The van der Waals surface area contributed by atoms with Crippen LogP contribution in [0.4, 0.5) is 4.79 Å². The van der Waals surface area contributed by atoms with Crippen LogP contribution in [0.3, 0.4) is 0 Å². The summed E-state index contributed by atoms with van der Waals surface area (Å²) < 4.78 is 5.51. The van der Waals surface area contributed by atoms with E-state index in [1.165, 1.54) is 0 Å². The molecule has 0 saturated carbocycles. The predicted octanol–water partition coefficient (Wildman–Crippen LogP) is 1.48. The summed E-state index contributed by atoms with van der Waals surface area (Å²) in [5.41, 5.74) is 0.452. The van der Waals surface area contributed by atoms with Gasteiger partial charge in [-0.3, -0.25) is 4.90 Å². The first-order chi connectivity index (χ1) is 7.19. The van der Waals surface area contributed by atoms with Gasteiger partial charge in [0.2, 0.25) is 0 Å². The molecule has 2 heterocycles. The molecule has 1 N–H and O–H groups in total. The number of nitrogens with zero attached hydrogens (tertiary/aromatic N) is 1. The lowest BCUT2D eigenvalue weighted by molar-refractivity contribution is 0.0454. The van der Waals surface area contributed by atoms with E-state index in [0.717, 1.165) is 38.0 Å². The average Bonchev–Trinajstić information content (AvgIpc) is 2.45. The van der Waals surface area contributed by atoms with Gasteiger partial charge < -0.3 is 10.1 Å². The predicted molar refractivity (Wildman–Crippen MR) is 57.5 cm³/mol. The van der Waals surface area contributed by atoms with Crippen LogP contribution in [0.15, 0.2) is 12.3 Å². The van der Waals surface area contributed by atoms with Crippen LogP contribution in [-0.4, -0.2) is 36.2 Å². The topological polar surface area (TPSA) is 41.6 Å². The van der Waals surface area contributed by atoms with Crippen molar-refractivity contribution in [3.8, 4) is 0 Å². The molecule has 0 bridgehead atoms. The molecule has 0 radical (unpaired) electrons. The molecule has 15 heavy (non-hydrogen) atoms. The van der Waals surface area contributed by atoms with Crippen molar-refractivity contribution in [2.75, 3.05) is 19.6 Å². The van der Waals surface area contributed by atoms with E-state index in [1.54, 1.807) is 4.90 Å². The minimum Gasteiger partial charge on any atom is -0.436 e. The van der Waals surface area contributed by atoms with Crippen LogP contribution in [0.25, 0.3) is 0 Å². The van der Waals surface area contributed by atoms with Gasteiger partial charge in [-0.15, -0.1) is 0 Å². The van der Waals surface area contributed by atoms with Gasteiger partial charge in [-0.2, -0.15) is 0 Å². The number of rotatable bonds is 2. The Hall–Kier alpha value is -1.03. The Labute approximate surface area is 90.3 Å². The molecular formula is C11H18N2O2. The van der Waals surface area contributed by atoms with Crippen LogP contribution in [-0.2, 0) is 4.74 Å². The summed E-state index contributed by atoms with van der Waals surface area (Å²) in [7, 11) is 0. The minimum absolute atomic E-state index is 0.219. The van der Waals surface area contributed by atoms with E-state index < -0.39 is 5.60 Å². The standard InChI is InChI=1S/C11H18N2O2/c1-3-8-13-9(2)11(15-10(13)14)4-6-12-7-5-11/h12H,2-8H2,1H3. The van der Waals surface area contributed by atoms with Crippen LogP contribution in [0.2, 0.25) is 0 Å². The summed E-state index contributed by atoms with van der Waals surface area (Å²) in [5, 5.41) is 3.27. The van der Waals surface area contributed by atoms with Gasteiger partial charge in [-0.25, -0.2) is 4.79 Å². The highest BCUT2D eigenvalue weighted by atomic mass is 16.6. The van der Waals surface area contributed by atoms with E-state index in [2.05, 4.69) is 11.9 Å². The Bertz CT molecular complexity index is 282. The maximum absolute atomic E-state index is 11.7. The second-order valence-corrected chi connectivity index (χ2v) is 4.21. The first-order valence-corrected chi connectivity index (χ1v) is 5.60. The van der Waals surface area contributed by atoms with Gasteiger partial charge in [0.25, 0.3) is 0 Å². The van der Waals surface area contributed by atoms with Gasteiger partial charge in [0.15, 0.2) is 5.60 Å². The second-order valence-electron chi connectivity index (χ2n) is 4.21. The Morgan fingerprint density at radius 3 is 2.80 bits per heavy atom. The van der Waals surface area contributed by atoms with Crippen molar-refractivity contribution in [3.05, 3.63) is 12.3 Å².